The number of hydrogen-bond acceptors (Lipinski definition) is 3. The molecule has 1 aromatic carbocycles. The maximum Gasteiger partial charge on any atom is 0.326 e. The molecule has 112 valence electrons. The van der Waals surface area contributed by atoms with Gasteiger partial charge in [-0.15, -0.1) is 0 Å². The summed E-state index contributed by atoms with van der Waals surface area (Å²) < 4.78 is 0. The highest BCUT2D eigenvalue weighted by Crippen LogP contribution is 2.18. The predicted molar refractivity (Wildman–Crippen MR) is 75.7 cm³/mol. The molecule has 1 fully saturated rings. The van der Waals surface area contributed by atoms with Crippen molar-refractivity contribution < 1.29 is 19.5 Å². The molecule has 1 saturated heterocycles. The molecule has 2 unspecified atom stereocenters. The van der Waals surface area contributed by atoms with E-state index in [9.17, 15) is 14.4 Å². The summed E-state index contributed by atoms with van der Waals surface area (Å²) >= 11 is 0. The van der Waals surface area contributed by atoms with Crippen LogP contribution in [-0.2, 0) is 9.59 Å². The van der Waals surface area contributed by atoms with E-state index in [1.165, 1.54) is 4.90 Å². The lowest BCUT2D eigenvalue weighted by atomic mass is 10.2. The van der Waals surface area contributed by atoms with Crippen LogP contribution in [0.15, 0.2) is 30.3 Å². The number of aliphatic carboxylic acids is 1. The molecule has 1 aromatic rings. The monoisotopic (exact) mass is 290 g/mol. The van der Waals surface area contributed by atoms with Crippen LogP contribution >= 0.6 is 0 Å². The second kappa shape index (κ2) is 6.39. The van der Waals surface area contributed by atoms with Crippen molar-refractivity contribution in [1.29, 1.82) is 0 Å². The number of carboxylic acid groups (broad SMARTS) is 1. The number of nitrogens with zero attached hydrogens (tertiary/aromatic N) is 1. The third-order valence-electron chi connectivity index (χ3n) is 3.57. The normalized spacial score (nSPS) is 19.1. The molecular weight excluding hydrogens is 272 g/mol. The Hall–Kier alpha value is -2.37. The van der Waals surface area contributed by atoms with E-state index >= 15 is 0 Å². The molecule has 1 aliphatic heterocycles. The van der Waals surface area contributed by atoms with Gasteiger partial charge in [0, 0.05) is 12.1 Å². The zero-order chi connectivity index (χ0) is 15.4. The van der Waals surface area contributed by atoms with Gasteiger partial charge in [-0.05, 0) is 31.9 Å². The van der Waals surface area contributed by atoms with Crippen molar-refractivity contribution in [3.63, 3.8) is 0 Å². The van der Waals surface area contributed by atoms with Crippen LogP contribution in [0, 0.1) is 0 Å². The Labute approximate surface area is 122 Å². The van der Waals surface area contributed by atoms with Gasteiger partial charge in [-0.25, -0.2) is 4.79 Å². The topological polar surface area (TPSA) is 86.7 Å². The van der Waals surface area contributed by atoms with Gasteiger partial charge in [-0.3, -0.25) is 9.59 Å². The molecule has 2 rings (SSSR count). The third kappa shape index (κ3) is 3.39. The number of amides is 2. The van der Waals surface area contributed by atoms with E-state index in [4.69, 9.17) is 5.11 Å². The highest BCUT2D eigenvalue weighted by Gasteiger charge is 2.36. The Morgan fingerprint density at radius 3 is 2.57 bits per heavy atom. The minimum absolute atomic E-state index is 0.345. The van der Waals surface area contributed by atoms with E-state index in [0.717, 1.165) is 0 Å². The van der Waals surface area contributed by atoms with E-state index in [1.54, 1.807) is 37.3 Å². The van der Waals surface area contributed by atoms with E-state index < -0.39 is 18.1 Å². The van der Waals surface area contributed by atoms with Gasteiger partial charge >= 0.3 is 5.97 Å². The van der Waals surface area contributed by atoms with Crippen molar-refractivity contribution in [2.75, 3.05) is 6.54 Å². The number of carbonyl (C=O) groups excluding carboxylic acids is 2. The second-order valence-corrected chi connectivity index (χ2v) is 5.09. The molecule has 0 bridgehead atoms. The van der Waals surface area contributed by atoms with Crippen LogP contribution < -0.4 is 5.32 Å². The van der Waals surface area contributed by atoms with Crippen LogP contribution in [0.1, 0.15) is 30.1 Å². The van der Waals surface area contributed by atoms with E-state index in [0.29, 0.717) is 24.9 Å². The minimum atomic E-state index is -0.998. The number of carboxylic acids is 1. The van der Waals surface area contributed by atoms with Crippen LogP contribution in [-0.4, -0.2) is 46.4 Å². The molecule has 21 heavy (non-hydrogen) atoms. The highest BCUT2D eigenvalue weighted by molar-refractivity contribution is 5.98. The third-order valence-corrected chi connectivity index (χ3v) is 3.57. The summed E-state index contributed by atoms with van der Waals surface area (Å²) in [7, 11) is 0. The summed E-state index contributed by atoms with van der Waals surface area (Å²) in [6.07, 6.45) is 1.13. The minimum Gasteiger partial charge on any atom is -0.480 e. The molecule has 0 aromatic heterocycles. The number of benzene rings is 1. The van der Waals surface area contributed by atoms with Crippen molar-refractivity contribution in [3.8, 4) is 0 Å². The second-order valence-electron chi connectivity index (χ2n) is 5.09. The first-order chi connectivity index (χ1) is 10.0. The van der Waals surface area contributed by atoms with E-state index in [-0.39, 0.29) is 11.8 Å². The summed E-state index contributed by atoms with van der Waals surface area (Å²) in [4.78, 5) is 36.7. The summed E-state index contributed by atoms with van der Waals surface area (Å²) in [6.45, 7) is 1.99. The van der Waals surface area contributed by atoms with Crippen molar-refractivity contribution in [2.45, 2.75) is 31.8 Å². The zero-order valence-corrected chi connectivity index (χ0v) is 11.8. The average Bonchev–Trinajstić information content (AvgIpc) is 2.96. The molecule has 6 heteroatoms. The molecule has 2 N–H and O–H groups in total. The molecule has 2 amide bonds. The fourth-order valence-electron chi connectivity index (χ4n) is 2.47. The van der Waals surface area contributed by atoms with Gasteiger partial charge in [-0.2, -0.15) is 0 Å². The van der Waals surface area contributed by atoms with Crippen molar-refractivity contribution in [2.24, 2.45) is 0 Å². The highest BCUT2D eigenvalue weighted by atomic mass is 16.4. The predicted octanol–water partition coefficient (Wildman–Crippen LogP) is 0.881. The first kappa shape index (κ1) is 15.0. The van der Waals surface area contributed by atoms with Gasteiger partial charge in [0.2, 0.25) is 5.91 Å². The number of rotatable bonds is 4. The molecule has 0 saturated carbocycles. The van der Waals surface area contributed by atoms with Gasteiger partial charge < -0.3 is 15.3 Å². The number of carbonyl (C=O) groups is 3. The largest absolute Gasteiger partial charge is 0.480 e. The first-order valence-corrected chi connectivity index (χ1v) is 6.90. The smallest absolute Gasteiger partial charge is 0.326 e. The fraction of sp³-hybridized carbons (Fsp3) is 0.400. The molecule has 2 atom stereocenters. The van der Waals surface area contributed by atoms with Gasteiger partial charge in [0.25, 0.3) is 5.91 Å². The summed E-state index contributed by atoms with van der Waals surface area (Å²) in [5, 5.41) is 11.7. The molecule has 0 radical (unpaired) electrons. The number of nitrogens with one attached hydrogen (secondary N) is 1. The summed E-state index contributed by atoms with van der Waals surface area (Å²) in [5.74, 6) is -1.70. The molecule has 0 spiro atoms. The standard InChI is InChI=1S/C15H18N2O4/c1-10(16-13(18)11-6-3-2-4-7-11)14(19)17-9-5-8-12(17)15(20)21/h2-4,6-7,10,12H,5,8-9H2,1H3,(H,16,18)(H,20,21). The molecule has 1 heterocycles. The Morgan fingerprint density at radius 2 is 1.95 bits per heavy atom. The van der Waals surface area contributed by atoms with Gasteiger partial charge in [0.05, 0.1) is 0 Å². The maximum absolute atomic E-state index is 12.3. The lowest BCUT2D eigenvalue weighted by Crippen LogP contribution is -2.50. The van der Waals surface area contributed by atoms with Crippen molar-refractivity contribution in [3.05, 3.63) is 35.9 Å². The summed E-state index contributed by atoms with van der Waals surface area (Å²) in [5.41, 5.74) is 0.466. The van der Waals surface area contributed by atoms with E-state index in [2.05, 4.69) is 5.32 Å². The fourth-order valence-corrected chi connectivity index (χ4v) is 2.47. The summed E-state index contributed by atoms with van der Waals surface area (Å²) in [6, 6.07) is 7.05. The number of hydrogen-bond donors (Lipinski definition) is 2. The quantitative estimate of drug-likeness (QED) is 0.862. The lowest BCUT2D eigenvalue weighted by molar-refractivity contribution is -0.148. The van der Waals surface area contributed by atoms with Gasteiger partial charge in [0.1, 0.15) is 12.1 Å². The van der Waals surface area contributed by atoms with Crippen molar-refractivity contribution in [1.82, 2.24) is 10.2 Å². The van der Waals surface area contributed by atoms with Gasteiger partial charge in [-0.1, -0.05) is 18.2 Å². The van der Waals surface area contributed by atoms with Crippen molar-refractivity contribution >= 4 is 17.8 Å². The molecule has 6 nitrogen and oxygen atoms in total. The lowest BCUT2D eigenvalue weighted by Gasteiger charge is -2.25. The van der Waals surface area contributed by atoms with Crippen LogP contribution in [0.2, 0.25) is 0 Å². The van der Waals surface area contributed by atoms with E-state index in [1.807, 2.05) is 0 Å². The Bertz CT molecular complexity index is 544. The molecular formula is C15H18N2O4. The number of likely N-dealkylation sites (tertiary alicyclic amines) is 1. The van der Waals surface area contributed by atoms with Gasteiger partial charge in [0.15, 0.2) is 0 Å². The molecule has 1 aliphatic rings. The van der Waals surface area contributed by atoms with Crippen LogP contribution in [0.3, 0.4) is 0 Å². The first-order valence-electron chi connectivity index (χ1n) is 6.90. The zero-order valence-electron chi connectivity index (χ0n) is 11.8. The molecule has 0 aliphatic carbocycles. The average molecular weight is 290 g/mol. The Balaban J connectivity index is 2.00. The van der Waals surface area contributed by atoms with Crippen LogP contribution in [0.4, 0.5) is 0 Å². The van der Waals surface area contributed by atoms with Crippen LogP contribution in [0.5, 0.6) is 0 Å². The SMILES string of the molecule is CC(NC(=O)c1ccccc1)C(=O)N1CCCC1C(=O)O. The van der Waals surface area contributed by atoms with Crippen LogP contribution in [0.25, 0.3) is 0 Å². The maximum atomic E-state index is 12.3. The Morgan fingerprint density at radius 1 is 1.29 bits per heavy atom. The Kier molecular flexibility index (Phi) is 4.57.